The number of alkyl halides is 1. The lowest BCUT2D eigenvalue weighted by Gasteiger charge is -2.23. The summed E-state index contributed by atoms with van der Waals surface area (Å²) in [6, 6.07) is 0. The Kier molecular flexibility index (Phi) is 3.66. The van der Waals surface area contributed by atoms with Gasteiger partial charge in [0.1, 0.15) is 6.17 Å². The summed E-state index contributed by atoms with van der Waals surface area (Å²) >= 11 is 0. The first kappa shape index (κ1) is 10.4. The molecule has 1 aliphatic rings. The number of carbonyl (C=O) groups is 1. The third-order valence-electron chi connectivity index (χ3n) is 2.54. The maximum atomic E-state index is 13.1. The van der Waals surface area contributed by atoms with Crippen LogP contribution in [0.2, 0.25) is 0 Å². The molecule has 1 saturated heterocycles. The second-order valence-electron chi connectivity index (χ2n) is 3.49. The number of nitrogens with zero attached hydrogens (tertiary/aromatic N) is 1. The third kappa shape index (κ3) is 2.66. The van der Waals surface area contributed by atoms with Gasteiger partial charge in [0.05, 0.1) is 0 Å². The van der Waals surface area contributed by atoms with Gasteiger partial charge in [-0.05, 0) is 6.92 Å². The van der Waals surface area contributed by atoms with E-state index in [1.54, 1.807) is 4.90 Å². The summed E-state index contributed by atoms with van der Waals surface area (Å²) in [6.45, 7) is 5.76. The summed E-state index contributed by atoms with van der Waals surface area (Å²) in [4.78, 5) is 12.7. The fourth-order valence-electron chi connectivity index (χ4n) is 1.64. The van der Waals surface area contributed by atoms with Crippen molar-refractivity contribution in [3.63, 3.8) is 0 Å². The van der Waals surface area contributed by atoms with Gasteiger partial charge in [-0.1, -0.05) is 0 Å². The van der Waals surface area contributed by atoms with Gasteiger partial charge in [-0.2, -0.15) is 0 Å². The van der Waals surface area contributed by atoms with Crippen LogP contribution in [0.5, 0.6) is 0 Å². The van der Waals surface area contributed by atoms with Crippen molar-refractivity contribution in [3.8, 4) is 0 Å². The van der Waals surface area contributed by atoms with Crippen LogP contribution in [0.25, 0.3) is 0 Å². The van der Waals surface area contributed by atoms with Crippen molar-refractivity contribution in [2.75, 3.05) is 26.2 Å². The van der Waals surface area contributed by atoms with Crippen molar-refractivity contribution >= 4 is 5.91 Å². The Bertz CT molecular complexity index is 186. The van der Waals surface area contributed by atoms with Gasteiger partial charge in [-0.15, -0.1) is 0 Å². The van der Waals surface area contributed by atoms with E-state index in [-0.39, 0.29) is 11.8 Å². The summed E-state index contributed by atoms with van der Waals surface area (Å²) in [5, 5.41) is 2.98. The van der Waals surface area contributed by atoms with Gasteiger partial charge in [0, 0.05) is 39.0 Å². The lowest BCUT2D eigenvalue weighted by molar-refractivity contribution is -0.129. The summed E-state index contributed by atoms with van der Waals surface area (Å²) in [6.07, 6.45) is -0.798. The van der Waals surface area contributed by atoms with E-state index in [1.807, 2.05) is 6.92 Å². The Labute approximate surface area is 78.3 Å². The molecule has 4 heteroatoms. The minimum Gasteiger partial charge on any atom is -0.343 e. The number of hydrogen-bond donors (Lipinski definition) is 1. The predicted molar refractivity (Wildman–Crippen MR) is 49.2 cm³/mol. The molecule has 0 spiro atoms. The van der Waals surface area contributed by atoms with E-state index in [9.17, 15) is 9.18 Å². The Hall–Kier alpha value is -0.640. The molecule has 0 aromatic carbocycles. The van der Waals surface area contributed by atoms with Crippen molar-refractivity contribution in [3.05, 3.63) is 0 Å². The van der Waals surface area contributed by atoms with Crippen LogP contribution in [0.3, 0.4) is 0 Å². The number of halogens is 1. The largest absolute Gasteiger partial charge is 0.343 e. The molecule has 1 N–H and O–H groups in total. The monoisotopic (exact) mass is 188 g/mol. The van der Waals surface area contributed by atoms with E-state index in [0.29, 0.717) is 26.2 Å². The van der Waals surface area contributed by atoms with Crippen LogP contribution in [0, 0.1) is 5.92 Å². The highest BCUT2D eigenvalue weighted by Crippen LogP contribution is 2.14. The molecule has 1 aliphatic heterocycles. The van der Waals surface area contributed by atoms with Crippen molar-refractivity contribution in [2.24, 2.45) is 5.92 Å². The molecular weight excluding hydrogens is 171 g/mol. The Morgan fingerprint density at radius 3 is 2.69 bits per heavy atom. The first-order valence-corrected chi connectivity index (χ1v) is 4.75. The van der Waals surface area contributed by atoms with Gasteiger partial charge in [0.15, 0.2) is 0 Å². The number of nitrogens with one attached hydrogen (secondary N) is 1. The highest BCUT2D eigenvalue weighted by molar-refractivity contribution is 5.73. The smallest absolute Gasteiger partial charge is 0.219 e. The van der Waals surface area contributed by atoms with Crippen LogP contribution in [-0.2, 0) is 4.79 Å². The second-order valence-corrected chi connectivity index (χ2v) is 3.49. The van der Waals surface area contributed by atoms with E-state index >= 15 is 0 Å². The fraction of sp³-hybridized carbons (Fsp3) is 0.889. The first-order chi connectivity index (χ1) is 6.15. The first-order valence-electron chi connectivity index (χ1n) is 4.75. The molecule has 1 fully saturated rings. The van der Waals surface area contributed by atoms with Gasteiger partial charge in [0.2, 0.25) is 5.91 Å². The quantitative estimate of drug-likeness (QED) is 0.696. The molecule has 0 aliphatic carbocycles. The minimum atomic E-state index is -0.798. The highest BCUT2D eigenvalue weighted by atomic mass is 19.1. The molecule has 2 atom stereocenters. The highest BCUT2D eigenvalue weighted by Gasteiger charge is 2.28. The van der Waals surface area contributed by atoms with Gasteiger partial charge in [-0.3, -0.25) is 4.79 Å². The molecule has 76 valence electrons. The zero-order chi connectivity index (χ0) is 9.84. The molecule has 1 rings (SSSR count). The van der Waals surface area contributed by atoms with Gasteiger partial charge >= 0.3 is 0 Å². The fourth-order valence-corrected chi connectivity index (χ4v) is 1.64. The number of carbonyl (C=O) groups excluding carboxylic acids is 1. The Morgan fingerprint density at radius 2 is 2.31 bits per heavy atom. The number of amides is 1. The Balaban J connectivity index is 2.41. The van der Waals surface area contributed by atoms with Crippen LogP contribution in [0.15, 0.2) is 0 Å². The van der Waals surface area contributed by atoms with E-state index in [4.69, 9.17) is 0 Å². The Morgan fingerprint density at radius 1 is 1.62 bits per heavy atom. The molecule has 3 nitrogen and oxygen atoms in total. The molecule has 0 saturated carbocycles. The normalized spacial score (nSPS) is 27.6. The maximum Gasteiger partial charge on any atom is 0.219 e. The van der Waals surface area contributed by atoms with Crippen LogP contribution in [-0.4, -0.2) is 43.2 Å². The van der Waals surface area contributed by atoms with Crippen LogP contribution < -0.4 is 5.32 Å². The maximum absolute atomic E-state index is 13.1. The van der Waals surface area contributed by atoms with Crippen LogP contribution in [0.4, 0.5) is 4.39 Å². The van der Waals surface area contributed by atoms with Crippen molar-refractivity contribution in [2.45, 2.75) is 20.0 Å². The molecule has 0 bridgehead atoms. The minimum absolute atomic E-state index is 0.0242. The van der Waals surface area contributed by atoms with Gasteiger partial charge < -0.3 is 10.2 Å². The van der Waals surface area contributed by atoms with E-state index in [1.165, 1.54) is 6.92 Å². The zero-order valence-electron chi connectivity index (χ0n) is 8.22. The summed E-state index contributed by atoms with van der Waals surface area (Å²) < 4.78 is 13.1. The lowest BCUT2D eigenvalue weighted by atomic mass is 10.1. The topological polar surface area (TPSA) is 32.3 Å². The molecule has 0 aromatic heterocycles. The van der Waals surface area contributed by atoms with E-state index < -0.39 is 6.17 Å². The number of rotatable bonds is 3. The van der Waals surface area contributed by atoms with Crippen molar-refractivity contribution in [1.29, 1.82) is 0 Å². The molecule has 0 aromatic rings. The third-order valence-corrected chi connectivity index (χ3v) is 2.54. The predicted octanol–water partition coefficient (Wildman–Crippen LogP) is 0.412. The van der Waals surface area contributed by atoms with Crippen LogP contribution in [0.1, 0.15) is 13.8 Å². The molecule has 0 radical (unpaired) electrons. The van der Waals surface area contributed by atoms with E-state index in [2.05, 4.69) is 5.32 Å². The van der Waals surface area contributed by atoms with Gasteiger partial charge in [0.25, 0.3) is 0 Å². The summed E-state index contributed by atoms with van der Waals surface area (Å²) in [5.41, 5.74) is 0. The van der Waals surface area contributed by atoms with Gasteiger partial charge in [-0.25, -0.2) is 4.39 Å². The lowest BCUT2D eigenvalue weighted by Crippen LogP contribution is -2.36. The van der Waals surface area contributed by atoms with E-state index in [0.717, 1.165) is 0 Å². The molecule has 1 amide bonds. The molecule has 1 heterocycles. The average Bonchev–Trinajstić information content (AvgIpc) is 2.46. The average molecular weight is 188 g/mol. The molecule has 2 unspecified atom stereocenters. The standard InChI is InChI=1S/C9H17FN2O/c1-3-12(7(2)13)6-8-4-11-5-9(8)10/h8-9,11H,3-6H2,1-2H3. The van der Waals surface area contributed by atoms with Crippen LogP contribution >= 0.6 is 0 Å². The van der Waals surface area contributed by atoms with Crippen molar-refractivity contribution < 1.29 is 9.18 Å². The SMILES string of the molecule is CCN(CC1CNCC1F)C(C)=O. The second kappa shape index (κ2) is 4.56. The molecule has 13 heavy (non-hydrogen) atoms. The molecular formula is C9H17FN2O. The summed E-state index contributed by atoms with van der Waals surface area (Å²) in [7, 11) is 0. The van der Waals surface area contributed by atoms with Crippen molar-refractivity contribution in [1.82, 2.24) is 10.2 Å². The zero-order valence-corrected chi connectivity index (χ0v) is 8.22. The summed E-state index contributed by atoms with van der Waals surface area (Å²) in [5.74, 6) is 0.00505. The number of hydrogen-bond acceptors (Lipinski definition) is 2.